The minimum Gasteiger partial charge on any atom is -0.481 e. The highest BCUT2D eigenvalue weighted by Crippen LogP contribution is 2.29. The summed E-state index contributed by atoms with van der Waals surface area (Å²) in [6, 6.07) is 1.11. The van der Waals surface area contributed by atoms with Gasteiger partial charge in [0, 0.05) is 35.9 Å². The molecule has 9 heteroatoms. The third-order valence-corrected chi connectivity index (χ3v) is 7.20. The maximum atomic E-state index is 12.8. The molecule has 3 heterocycles. The first-order valence-corrected chi connectivity index (χ1v) is 10.5. The number of amides is 1. The van der Waals surface area contributed by atoms with Crippen molar-refractivity contribution in [3.63, 3.8) is 0 Å². The van der Waals surface area contributed by atoms with Crippen LogP contribution >= 0.6 is 11.3 Å². The molecule has 2 saturated heterocycles. The van der Waals surface area contributed by atoms with Gasteiger partial charge in [-0.3, -0.25) is 14.5 Å². The zero-order valence-corrected chi connectivity index (χ0v) is 15.0. The van der Waals surface area contributed by atoms with Gasteiger partial charge in [0.2, 0.25) is 0 Å². The molecule has 0 unspecified atom stereocenters. The van der Waals surface area contributed by atoms with Crippen molar-refractivity contribution in [2.24, 2.45) is 0 Å². The molecular formula is C15H20N2O5S2. The molecule has 1 aromatic heterocycles. The van der Waals surface area contributed by atoms with E-state index in [1.165, 1.54) is 11.3 Å². The second-order valence-electron chi connectivity index (χ2n) is 6.34. The summed E-state index contributed by atoms with van der Waals surface area (Å²) in [5.41, 5.74) is 0.597. The van der Waals surface area contributed by atoms with E-state index in [1.807, 2.05) is 17.9 Å². The highest BCUT2D eigenvalue weighted by atomic mass is 32.2. The van der Waals surface area contributed by atoms with Gasteiger partial charge in [-0.05, 0) is 13.0 Å². The molecule has 2 aliphatic rings. The smallest absolute Gasteiger partial charge is 0.304 e. The SMILES string of the molecule is Cc1cc(C(=O)N2CCN(CCC(=O)O)[C@@H]3CS(=O)(=O)C[C@@H]32)cs1. The first kappa shape index (κ1) is 17.4. The van der Waals surface area contributed by atoms with Crippen molar-refractivity contribution < 1.29 is 23.1 Å². The van der Waals surface area contributed by atoms with E-state index >= 15 is 0 Å². The van der Waals surface area contributed by atoms with Crippen molar-refractivity contribution in [3.05, 3.63) is 21.9 Å². The van der Waals surface area contributed by atoms with Crippen molar-refractivity contribution in [2.45, 2.75) is 25.4 Å². The molecular weight excluding hydrogens is 352 g/mol. The Morgan fingerprint density at radius 3 is 2.62 bits per heavy atom. The first-order chi connectivity index (χ1) is 11.3. The van der Waals surface area contributed by atoms with Crippen LogP contribution in [0.15, 0.2) is 11.4 Å². The predicted octanol–water partition coefficient (Wildman–Crippen LogP) is 0.455. The topological polar surface area (TPSA) is 95.0 Å². The summed E-state index contributed by atoms with van der Waals surface area (Å²) in [6.45, 7) is 3.16. The molecule has 0 bridgehead atoms. The van der Waals surface area contributed by atoms with Crippen LogP contribution in [0.3, 0.4) is 0 Å². The fourth-order valence-electron chi connectivity index (χ4n) is 3.52. The number of carboxylic acids is 1. The number of aryl methyl sites for hydroxylation is 1. The Morgan fingerprint density at radius 2 is 2.00 bits per heavy atom. The number of hydrogen-bond donors (Lipinski definition) is 1. The quantitative estimate of drug-likeness (QED) is 0.825. The van der Waals surface area contributed by atoms with Crippen LogP contribution in [0.1, 0.15) is 21.7 Å². The minimum atomic E-state index is -3.22. The summed E-state index contributed by atoms with van der Waals surface area (Å²) in [7, 11) is -3.22. The molecule has 0 aliphatic carbocycles. The van der Waals surface area contributed by atoms with Gasteiger partial charge in [0.1, 0.15) is 0 Å². The van der Waals surface area contributed by atoms with E-state index in [4.69, 9.17) is 5.11 Å². The predicted molar refractivity (Wildman–Crippen MR) is 90.1 cm³/mol. The van der Waals surface area contributed by atoms with Gasteiger partial charge in [-0.1, -0.05) is 0 Å². The molecule has 7 nitrogen and oxygen atoms in total. The van der Waals surface area contributed by atoms with E-state index in [0.717, 1.165) is 4.88 Å². The Bertz CT molecular complexity index is 758. The van der Waals surface area contributed by atoms with Gasteiger partial charge in [0.05, 0.1) is 29.5 Å². The van der Waals surface area contributed by atoms with E-state index in [2.05, 4.69) is 0 Å². The van der Waals surface area contributed by atoms with E-state index in [1.54, 1.807) is 10.3 Å². The Morgan fingerprint density at radius 1 is 1.29 bits per heavy atom. The molecule has 132 valence electrons. The van der Waals surface area contributed by atoms with Crippen LogP contribution in [0.5, 0.6) is 0 Å². The lowest BCUT2D eigenvalue weighted by Gasteiger charge is -2.43. The lowest BCUT2D eigenvalue weighted by atomic mass is 10.0. The van der Waals surface area contributed by atoms with Gasteiger partial charge in [0.15, 0.2) is 9.84 Å². The lowest BCUT2D eigenvalue weighted by molar-refractivity contribution is -0.137. The molecule has 24 heavy (non-hydrogen) atoms. The van der Waals surface area contributed by atoms with Crippen LogP contribution in [-0.4, -0.2) is 78.4 Å². The fraction of sp³-hybridized carbons (Fsp3) is 0.600. The zero-order chi connectivity index (χ0) is 17.5. The number of aliphatic carboxylic acids is 1. The summed E-state index contributed by atoms with van der Waals surface area (Å²) >= 11 is 1.49. The number of carbonyl (C=O) groups excluding carboxylic acids is 1. The maximum Gasteiger partial charge on any atom is 0.304 e. The van der Waals surface area contributed by atoms with E-state index in [-0.39, 0.29) is 29.9 Å². The Kier molecular flexibility index (Phi) is 4.67. The third kappa shape index (κ3) is 3.47. The molecule has 0 aromatic carbocycles. The monoisotopic (exact) mass is 372 g/mol. The number of fused-ring (bicyclic) bond motifs is 1. The molecule has 2 aliphatic heterocycles. The summed E-state index contributed by atoms with van der Waals surface area (Å²) in [4.78, 5) is 28.2. The molecule has 1 N–H and O–H groups in total. The van der Waals surface area contributed by atoms with Crippen LogP contribution in [0.4, 0.5) is 0 Å². The average molecular weight is 372 g/mol. The Hall–Kier alpha value is -1.45. The average Bonchev–Trinajstić information content (AvgIpc) is 3.06. The van der Waals surface area contributed by atoms with Crippen LogP contribution in [0.2, 0.25) is 0 Å². The number of sulfone groups is 1. The molecule has 0 radical (unpaired) electrons. The molecule has 3 rings (SSSR count). The van der Waals surface area contributed by atoms with Crippen LogP contribution in [-0.2, 0) is 14.6 Å². The second kappa shape index (κ2) is 6.45. The van der Waals surface area contributed by atoms with Crippen molar-refractivity contribution in [1.29, 1.82) is 0 Å². The summed E-state index contributed by atoms with van der Waals surface area (Å²) in [5, 5.41) is 10.7. The van der Waals surface area contributed by atoms with Gasteiger partial charge in [-0.25, -0.2) is 8.42 Å². The Balaban J connectivity index is 1.81. The summed E-state index contributed by atoms with van der Waals surface area (Å²) in [6.07, 6.45) is -0.0268. The van der Waals surface area contributed by atoms with Crippen LogP contribution < -0.4 is 0 Å². The number of nitrogens with zero attached hydrogens (tertiary/aromatic N) is 2. The zero-order valence-electron chi connectivity index (χ0n) is 13.3. The molecule has 2 fully saturated rings. The first-order valence-electron chi connectivity index (χ1n) is 7.79. The number of hydrogen-bond acceptors (Lipinski definition) is 6. The van der Waals surface area contributed by atoms with Gasteiger partial charge in [-0.15, -0.1) is 11.3 Å². The van der Waals surface area contributed by atoms with Crippen molar-refractivity contribution in [2.75, 3.05) is 31.1 Å². The summed E-state index contributed by atoms with van der Waals surface area (Å²) < 4.78 is 24.2. The highest BCUT2D eigenvalue weighted by Gasteiger charge is 2.48. The third-order valence-electron chi connectivity index (χ3n) is 4.64. The maximum absolute atomic E-state index is 12.8. The van der Waals surface area contributed by atoms with E-state index < -0.39 is 21.8 Å². The van der Waals surface area contributed by atoms with Crippen molar-refractivity contribution >= 4 is 33.1 Å². The number of rotatable bonds is 4. The van der Waals surface area contributed by atoms with Gasteiger partial charge < -0.3 is 10.0 Å². The highest BCUT2D eigenvalue weighted by molar-refractivity contribution is 7.91. The molecule has 0 saturated carbocycles. The normalized spacial score (nSPS) is 26.3. The Labute approximate surface area is 144 Å². The van der Waals surface area contributed by atoms with E-state index in [0.29, 0.717) is 25.2 Å². The molecule has 0 spiro atoms. The van der Waals surface area contributed by atoms with E-state index in [9.17, 15) is 18.0 Å². The lowest BCUT2D eigenvalue weighted by Crippen LogP contribution is -2.60. The fourth-order valence-corrected chi connectivity index (χ4v) is 6.20. The molecule has 1 amide bonds. The number of carboxylic acid groups (broad SMARTS) is 1. The number of carbonyl (C=O) groups is 2. The molecule has 2 atom stereocenters. The standard InChI is InChI=1S/C15H20N2O5S2/c1-10-6-11(7-23-10)15(20)17-5-4-16(3-2-14(18)19)12-8-24(21,22)9-13(12)17/h6-7,12-13H,2-5,8-9H2,1H3,(H,18,19)/t12-,13+/m1/s1. The van der Waals surface area contributed by atoms with Gasteiger partial charge in [-0.2, -0.15) is 0 Å². The second-order valence-corrected chi connectivity index (χ2v) is 9.61. The largest absolute Gasteiger partial charge is 0.481 e. The van der Waals surface area contributed by atoms with Crippen molar-refractivity contribution in [3.8, 4) is 0 Å². The number of thiophene rings is 1. The summed E-state index contributed by atoms with van der Waals surface area (Å²) in [5.74, 6) is -1.09. The van der Waals surface area contributed by atoms with Crippen molar-refractivity contribution in [1.82, 2.24) is 9.80 Å². The van der Waals surface area contributed by atoms with Crippen LogP contribution in [0.25, 0.3) is 0 Å². The van der Waals surface area contributed by atoms with Crippen LogP contribution in [0, 0.1) is 6.92 Å². The minimum absolute atomic E-state index is 0.0102. The molecule has 1 aromatic rings. The number of piperazine rings is 1. The van der Waals surface area contributed by atoms with Gasteiger partial charge in [0.25, 0.3) is 5.91 Å². The van der Waals surface area contributed by atoms with Gasteiger partial charge >= 0.3 is 5.97 Å².